The molecule has 6 saturated heterocycles. The summed E-state index contributed by atoms with van der Waals surface area (Å²) in [5.41, 5.74) is 0. The molecule has 0 bridgehead atoms. The van der Waals surface area contributed by atoms with E-state index in [2.05, 4.69) is 10.6 Å². The minimum atomic E-state index is -1.97. The van der Waals surface area contributed by atoms with Gasteiger partial charge in [-0.3, -0.25) is 0 Å². The lowest BCUT2D eigenvalue weighted by Gasteiger charge is -2.48. The maximum atomic E-state index is 12.6. The summed E-state index contributed by atoms with van der Waals surface area (Å²) in [6.07, 6.45) is -55.6. The van der Waals surface area contributed by atoms with E-state index < -0.39 is 262 Å². The van der Waals surface area contributed by atoms with Gasteiger partial charge in [-0.2, -0.15) is 0 Å². The topological polar surface area (TPSA) is 592 Å². The Morgan fingerprint density at radius 3 is 0.952 bits per heavy atom. The van der Waals surface area contributed by atoms with Crippen molar-refractivity contribution in [2.24, 2.45) is 0 Å². The minimum Gasteiger partial charge on any atom is -0.447 e. The van der Waals surface area contributed by atoms with Crippen molar-refractivity contribution in [2.75, 3.05) is 79.2 Å². The molecule has 0 spiro atoms. The Kier molecular flexibility index (Phi) is 27.1. The number of amides is 2. The van der Waals surface area contributed by atoms with Crippen LogP contribution in [0.5, 0.6) is 0 Å². The molecule has 6 fully saturated rings. The summed E-state index contributed by atoms with van der Waals surface area (Å²) >= 11 is 0. The quantitative estimate of drug-likeness (QED) is 0.0358. The van der Waals surface area contributed by atoms with Crippen molar-refractivity contribution in [3.8, 4) is 0 Å². The third-order valence-corrected chi connectivity index (χ3v) is 14.3. The molecule has 38 nitrogen and oxygen atoms in total. The Bertz CT molecular complexity index is 1790. The highest BCUT2D eigenvalue weighted by molar-refractivity contribution is 5.67. The molecule has 0 aromatic carbocycles. The number of hydrogen-bond acceptors (Lipinski definition) is 36. The molecule has 484 valence electrons. The van der Waals surface area contributed by atoms with Crippen molar-refractivity contribution in [2.45, 2.75) is 191 Å². The van der Waals surface area contributed by atoms with Crippen LogP contribution in [0.3, 0.4) is 0 Å². The number of carbonyl (C=O) groups excluding carboxylic acids is 2. The van der Waals surface area contributed by atoms with Crippen molar-refractivity contribution in [3.63, 3.8) is 0 Å². The van der Waals surface area contributed by atoms with Crippen molar-refractivity contribution in [1.29, 1.82) is 0 Å². The van der Waals surface area contributed by atoms with E-state index in [1.54, 1.807) is 0 Å². The number of hydrogen-bond donors (Lipinski definition) is 22. The van der Waals surface area contributed by atoms with Gasteiger partial charge < -0.3 is 179 Å². The van der Waals surface area contributed by atoms with Gasteiger partial charge in [0.15, 0.2) is 37.7 Å². The molecule has 0 saturated carbocycles. The fraction of sp³-hybridized carbons (Fsp3) is 0.956. The Balaban J connectivity index is 0.978. The lowest BCUT2D eigenvalue weighted by molar-refractivity contribution is -0.381. The molecule has 0 unspecified atom stereocenters. The van der Waals surface area contributed by atoms with E-state index >= 15 is 0 Å². The standard InChI is InChI=1S/C45H78N2O36/c48-8-14-20(54)22(56)28(62)40(76-14)80-34-18(12-52)78-42(82-32-16(10-50)74-38(66)26(60)24(32)58)36(30(34)64)70-4-6-72-44(68)46-2-1-3-47-45(69)73-7-5-71-37-31(65)35(81-41-29(63)23(57)21(55)15(9-49)77-41)19(13-53)79-43(37)83-33-17(11-51)75-39(67)27(61)25(33)59/h14-43,48-67H,1-13H2,(H,46,68)(H,47,69)/t14-,15-,16-,17-,18-,19-,20+,21+,22+,23+,24-,25-,26-,27-,28-,29-,30+,31+,32-,33-,34+,35+,36-,37-,38-,39-,40-,41-,42+,43+/m1/s1. The van der Waals surface area contributed by atoms with Gasteiger partial charge in [0.1, 0.15) is 160 Å². The first-order valence-electron chi connectivity index (χ1n) is 26.3. The van der Waals surface area contributed by atoms with Gasteiger partial charge in [-0.1, -0.05) is 0 Å². The second kappa shape index (κ2) is 32.5. The number of nitrogens with one attached hydrogen (secondary N) is 2. The van der Waals surface area contributed by atoms with Crippen LogP contribution in [-0.2, 0) is 66.3 Å². The van der Waals surface area contributed by atoms with Crippen LogP contribution in [0.2, 0.25) is 0 Å². The first-order valence-corrected chi connectivity index (χ1v) is 26.3. The molecule has 0 aromatic heterocycles. The summed E-state index contributed by atoms with van der Waals surface area (Å²) in [6.45, 7) is -7.76. The normalized spacial score (nSPS) is 45.1. The molecule has 30 atom stereocenters. The summed E-state index contributed by atoms with van der Waals surface area (Å²) in [4.78, 5) is 25.1. The second-order valence-electron chi connectivity index (χ2n) is 19.8. The maximum Gasteiger partial charge on any atom is 0.407 e. The number of aliphatic hydroxyl groups excluding tert-OH is 20. The molecule has 83 heavy (non-hydrogen) atoms. The summed E-state index contributed by atoms with van der Waals surface area (Å²) in [5.74, 6) is 0. The fourth-order valence-corrected chi connectivity index (χ4v) is 9.65. The van der Waals surface area contributed by atoms with Gasteiger partial charge in [0.05, 0.1) is 52.9 Å². The summed E-state index contributed by atoms with van der Waals surface area (Å²) in [6, 6.07) is 0. The lowest BCUT2D eigenvalue weighted by atomic mass is 9.96. The van der Waals surface area contributed by atoms with E-state index in [0.717, 1.165) is 0 Å². The summed E-state index contributed by atoms with van der Waals surface area (Å²) in [5, 5.41) is 212. The molecule has 6 heterocycles. The Hall–Kier alpha value is -2.74. The van der Waals surface area contributed by atoms with Gasteiger partial charge in [0.2, 0.25) is 0 Å². The highest BCUT2D eigenvalue weighted by Crippen LogP contribution is 2.36. The number of ether oxygens (including phenoxy) is 14. The Morgan fingerprint density at radius 2 is 0.614 bits per heavy atom. The SMILES string of the molecule is O=C(NCCCNC(=O)OCCO[C@H]1[C@H](O[C@H]2[C@H](O)[C@@H](O)[C@H](O)O[C@@H]2CO)O[C@H](CO)[C@H](O[C@H]2O[C@H](CO)[C@H](O)[C@H](O)[C@H]2O)[C@@H]1O)OCCO[C@H]1[C@H](O[C@H]2[C@H](O)[C@@H](O)[C@H](O)O[C@@H]2CO)O[C@H](CO)[C@H](O[C@H]2O[C@H](CO)[C@H](O)[C@H](O)[C@H]2O)[C@@H]1O. The van der Waals surface area contributed by atoms with Crippen LogP contribution < -0.4 is 10.6 Å². The zero-order valence-corrected chi connectivity index (χ0v) is 44.0. The predicted molar refractivity (Wildman–Crippen MR) is 253 cm³/mol. The van der Waals surface area contributed by atoms with Crippen LogP contribution in [0, 0.1) is 0 Å². The molecule has 38 heteroatoms. The molecule has 0 radical (unpaired) electrons. The fourth-order valence-electron chi connectivity index (χ4n) is 9.65. The van der Waals surface area contributed by atoms with E-state index in [1.165, 1.54) is 0 Å². The van der Waals surface area contributed by atoms with Crippen LogP contribution in [0.15, 0.2) is 0 Å². The zero-order valence-electron chi connectivity index (χ0n) is 44.0. The third kappa shape index (κ3) is 16.9. The smallest absolute Gasteiger partial charge is 0.407 e. The molecular weight excluding hydrogens is 1140 g/mol. The van der Waals surface area contributed by atoms with Crippen LogP contribution >= 0.6 is 0 Å². The van der Waals surface area contributed by atoms with Crippen LogP contribution in [0.25, 0.3) is 0 Å². The van der Waals surface area contributed by atoms with E-state index in [4.69, 9.17) is 66.3 Å². The Morgan fingerprint density at radius 1 is 0.313 bits per heavy atom. The van der Waals surface area contributed by atoms with Crippen LogP contribution in [0.4, 0.5) is 9.59 Å². The minimum absolute atomic E-state index is 0.0742. The van der Waals surface area contributed by atoms with Gasteiger partial charge >= 0.3 is 12.2 Å². The summed E-state index contributed by atoms with van der Waals surface area (Å²) in [7, 11) is 0. The average molecular weight is 1220 g/mol. The second-order valence-corrected chi connectivity index (χ2v) is 19.8. The summed E-state index contributed by atoms with van der Waals surface area (Å²) < 4.78 is 77.3. The average Bonchev–Trinajstić information content (AvgIpc) is 3.36. The van der Waals surface area contributed by atoms with Crippen molar-refractivity contribution >= 4 is 12.2 Å². The largest absolute Gasteiger partial charge is 0.447 e. The molecular formula is C45H78N2O36. The number of alkyl carbamates (subject to hydrolysis) is 2. The van der Waals surface area contributed by atoms with Gasteiger partial charge in [0.25, 0.3) is 0 Å². The molecule has 6 aliphatic rings. The zero-order chi connectivity index (χ0) is 61.0. The lowest BCUT2D eigenvalue weighted by Crippen LogP contribution is -2.67. The molecule has 22 N–H and O–H groups in total. The first kappa shape index (κ1) is 69.4. The first-order chi connectivity index (χ1) is 39.5. The van der Waals surface area contributed by atoms with E-state index in [0.29, 0.717) is 0 Å². The molecule has 6 aliphatic heterocycles. The molecule has 2 amide bonds. The van der Waals surface area contributed by atoms with Crippen LogP contribution in [-0.4, -0.2) is 378 Å². The van der Waals surface area contributed by atoms with E-state index in [9.17, 15) is 112 Å². The van der Waals surface area contributed by atoms with Crippen molar-refractivity contribution < 1.29 is 178 Å². The Labute approximate surface area is 470 Å². The van der Waals surface area contributed by atoms with Crippen molar-refractivity contribution in [3.05, 3.63) is 0 Å². The van der Waals surface area contributed by atoms with Gasteiger partial charge in [0, 0.05) is 13.1 Å². The number of aliphatic hydroxyl groups is 20. The number of rotatable bonds is 26. The predicted octanol–water partition coefficient (Wildman–Crippen LogP) is -14.2. The van der Waals surface area contributed by atoms with Crippen molar-refractivity contribution in [1.82, 2.24) is 10.6 Å². The highest BCUT2D eigenvalue weighted by Gasteiger charge is 2.56. The molecule has 0 aliphatic carbocycles. The van der Waals surface area contributed by atoms with Crippen LogP contribution in [0.1, 0.15) is 6.42 Å². The van der Waals surface area contributed by atoms with E-state index in [1.807, 2.05) is 0 Å². The monoisotopic (exact) mass is 1220 g/mol. The van der Waals surface area contributed by atoms with Gasteiger partial charge in [-0.25, -0.2) is 9.59 Å². The third-order valence-electron chi connectivity index (χ3n) is 14.3. The maximum absolute atomic E-state index is 12.6. The molecule has 0 aromatic rings. The molecule has 6 rings (SSSR count). The van der Waals surface area contributed by atoms with Gasteiger partial charge in [-0.05, 0) is 6.42 Å². The van der Waals surface area contributed by atoms with Gasteiger partial charge in [-0.15, -0.1) is 0 Å². The highest BCUT2D eigenvalue weighted by atomic mass is 16.8. The van der Waals surface area contributed by atoms with E-state index in [-0.39, 0.29) is 19.5 Å². The number of carbonyl (C=O) groups is 2.